The van der Waals surface area contributed by atoms with Crippen molar-refractivity contribution in [1.82, 2.24) is 0 Å². The van der Waals surface area contributed by atoms with Gasteiger partial charge in [-0.3, -0.25) is 6.08 Å². The van der Waals surface area contributed by atoms with Crippen molar-refractivity contribution in [3.63, 3.8) is 0 Å². The fourth-order valence-electron chi connectivity index (χ4n) is 4.72. The molecule has 0 aliphatic heterocycles. The quantitative estimate of drug-likeness (QED) is 0.214. The van der Waals surface area contributed by atoms with E-state index in [-0.39, 0.29) is 24.8 Å². The van der Waals surface area contributed by atoms with Crippen LogP contribution in [0.5, 0.6) is 0 Å². The van der Waals surface area contributed by atoms with Crippen molar-refractivity contribution in [3.8, 4) is 33.4 Å². The molecule has 0 fully saturated rings. The molecule has 5 aromatic carbocycles. The minimum Gasteiger partial charge on any atom is -1.00 e. The second-order valence-electron chi connectivity index (χ2n) is 9.56. The van der Waals surface area contributed by atoms with Crippen LogP contribution in [0, 0.1) is 12.1 Å². The van der Waals surface area contributed by atoms with Gasteiger partial charge in [0.05, 0.1) is 0 Å². The number of rotatable bonds is 3. The van der Waals surface area contributed by atoms with E-state index in [1.165, 1.54) is 53.9 Å². The normalized spacial score (nSPS) is 11.4. The van der Waals surface area contributed by atoms with Crippen molar-refractivity contribution >= 4 is 3.81 Å². The minimum absolute atomic E-state index is 0. The first kappa shape index (κ1) is 32.3. The van der Waals surface area contributed by atoms with E-state index >= 15 is 0 Å². The Morgan fingerprint density at radius 2 is 1.24 bits per heavy atom. The van der Waals surface area contributed by atoms with Gasteiger partial charge in [0.2, 0.25) is 0 Å². The first-order valence-corrected chi connectivity index (χ1v) is 14.1. The van der Waals surface area contributed by atoms with Gasteiger partial charge < -0.3 is 24.8 Å². The monoisotopic (exact) mass is 604 g/mol. The van der Waals surface area contributed by atoms with Gasteiger partial charge >= 0.3 is 66.6 Å². The van der Waals surface area contributed by atoms with Gasteiger partial charge in [-0.25, -0.2) is 12.2 Å². The molecule has 0 amide bonds. The van der Waals surface area contributed by atoms with Crippen LogP contribution in [0.2, 0.25) is 0 Å². The summed E-state index contributed by atoms with van der Waals surface area (Å²) in [6.07, 6.45) is 11.0. The van der Waals surface area contributed by atoms with E-state index < -0.39 is 0 Å². The van der Waals surface area contributed by atoms with Gasteiger partial charge in [-0.15, -0.1) is 17.5 Å². The second kappa shape index (κ2) is 16.3. The minimum atomic E-state index is 0. The van der Waals surface area contributed by atoms with Gasteiger partial charge in [-0.1, -0.05) is 95.6 Å². The molecule has 0 unspecified atom stereocenters. The van der Waals surface area contributed by atoms with Crippen molar-refractivity contribution in [2.24, 2.45) is 0 Å². The van der Waals surface area contributed by atoms with Gasteiger partial charge in [-0.2, -0.15) is 29.8 Å². The van der Waals surface area contributed by atoms with Crippen LogP contribution in [-0.4, -0.2) is 3.81 Å². The third kappa shape index (κ3) is 8.62. The van der Waals surface area contributed by atoms with Crippen LogP contribution < -0.4 is 24.8 Å². The summed E-state index contributed by atoms with van der Waals surface area (Å²) in [5, 5.41) is 0. The van der Waals surface area contributed by atoms with Crippen LogP contribution >= 0.6 is 0 Å². The summed E-state index contributed by atoms with van der Waals surface area (Å²) < 4.78 is 1.37. The van der Waals surface area contributed by atoms with Crippen molar-refractivity contribution in [3.05, 3.63) is 168 Å². The van der Waals surface area contributed by atoms with Crippen LogP contribution in [0.4, 0.5) is 0 Å². The van der Waals surface area contributed by atoms with E-state index in [1.807, 2.05) is 18.2 Å². The molecule has 202 valence electrons. The first-order chi connectivity index (χ1) is 19.2. The zero-order valence-electron chi connectivity index (χ0n) is 22.9. The predicted octanol–water partition coefficient (Wildman–Crippen LogP) is 3.48. The first-order valence-electron chi connectivity index (χ1n) is 13.3. The van der Waals surface area contributed by atoms with E-state index in [0.717, 1.165) is 12.8 Å². The standard InChI is InChI=1S/C25H17.C8H8.C5H5.2ClH.Ti/c1-3-7-18(8-4-1)20-11-13-22-15-23-14-12-21(17-25(23)24(22)16-20)19-9-5-2-6-10-19;1-2-8-6-4-3-5-7-8;1-2-4-5-3-1;;;/h1-13,16-17H,15H2;3-7H,1H3;1-3H,4H2;2*1H;/q-1;;-1;;;+2/p-2. The van der Waals surface area contributed by atoms with Gasteiger partial charge in [0.25, 0.3) is 0 Å². The number of halogens is 2. The van der Waals surface area contributed by atoms with Crippen molar-refractivity contribution in [2.75, 3.05) is 0 Å². The fourth-order valence-corrected chi connectivity index (χ4v) is 4.98. The molecular formula is C38H30Cl2Ti-2. The Kier molecular flexibility index (Phi) is 12.8. The molecule has 7 rings (SSSR count). The van der Waals surface area contributed by atoms with E-state index in [0.29, 0.717) is 0 Å². The van der Waals surface area contributed by atoms with Crippen LogP contribution in [0.25, 0.3) is 33.4 Å². The maximum Gasteiger partial charge on any atom is -0.0184 e. The number of fused-ring (bicyclic) bond motifs is 3. The average Bonchev–Trinajstić information content (AvgIpc) is 3.70. The third-order valence-corrected chi connectivity index (χ3v) is 7.25. The van der Waals surface area contributed by atoms with Gasteiger partial charge in [-0.05, 0) is 17.5 Å². The predicted molar refractivity (Wildman–Crippen MR) is 162 cm³/mol. The summed E-state index contributed by atoms with van der Waals surface area (Å²) in [7, 11) is 0. The molecule has 0 bridgehead atoms. The van der Waals surface area contributed by atoms with E-state index in [1.54, 1.807) is 0 Å². The van der Waals surface area contributed by atoms with Crippen LogP contribution in [0.3, 0.4) is 0 Å². The molecule has 0 spiro atoms. The molecule has 0 saturated heterocycles. The summed E-state index contributed by atoms with van der Waals surface area (Å²) in [6.45, 7) is 2.12. The van der Waals surface area contributed by atoms with Crippen LogP contribution in [0.1, 0.15) is 30.0 Å². The largest absolute Gasteiger partial charge is 1.00 e. The van der Waals surface area contributed by atoms with Crippen LogP contribution in [0.15, 0.2) is 140 Å². The molecule has 0 radical (unpaired) electrons. The average molecular weight is 605 g/mol. The summed E-state index contributed by atoms with van der Waals surface area (Å²) in [5.41, 5.74) is 11.7. The molecule has 41 heavy (non-hydrogen) atoms. The maximum absolute atomic E-state index is 3.52. The molecule has 2 aliphatic carbocycles. The Morgan fingerprint density at radius 1 is 0.659 bits per heavy atom. The summed E-state index contributed by atoms with van der Waals surface area (Å²) in [6, 6.07) is 46.3. The Labute approximate surface area is 268 Å². The molecule has 0 atom stereocenters. The Bertz CT molecular complexity index is 1510. The van der Waals surface area contributed by atoms with Gasteiger partial charge in [0.15, 0.2) is 0 Å². The summed E-state index contributed by atoms with van der Waals surface area (Å²) in [5.74, 6) is 0. The number of hydrogen-bond donors (Lipinski definition) is 0. The topological polar surface area (TPSA) is 0 Å². The van der Waals surface area contributed by atoms with E-state index in [9.17, 15) is 0 Å². The molecule has 0 saturated carbocycles. The Morgan fingerprint density at radius 3 is 1.76 bits per heavy atom. The van der Waals surface area contributed by atoms with Crippen molar-refractivity contribution in [1.29, 1.82) is 0 Å². The number of hydrogen-bond acceptors (Lipinski definition) is 0. The van der Waals surface area contributed by atoms with Crippen LogP contribution in [-0.2, 0) is 26.4 Å². The van der Waals surface area contributed by atoms with E-state index in [2.05, 4.69) is 160 Å². The number of allylic oxidation sites excluding steroid dienone is 4. The van der Waals surface area contributed by atoms with Crippen molar-refractivity contribution < 1.29 is 44.8 Å². The molecule has 3 heteroatoms. The molecule has 0 N–H and O–H groups in total. The zero-order valence-corrected chi connectivity index (χ0v) is 26.0. The fraction of sp³-hybridized carbons (Fsp3) is 0.0789. The zero-order chi connectivity index (χ0) is 26.9. The van der Waals surface area contributed by atoms with Crippen molar-refractivity contribution in [2.45, 2.75) is 19.8 Å². The molecule has 5 aromatic rings. The Balaban J connectivity index is 0.000000240. The number of benzene rings is 5. The Hall–Kier alpha value is -3.26. The molecule has 0 nitrogen and oxygen atoms in total. The summed E-state index contributed by atoms with van der Waals surface area (Å²) >= 11 is 2.12. The second-order valence-corrected chi connectivity index (χ2v) is 10.7. The van der Waals surface area contributed by atoms with Gasteiger partial charge in [0.1, 0.15) is 0 Å². The third-order valence-electron chi connectivity index (χ3n) is 6.80. The molecular weight excluding hydrogens is 575 g/mol. The molecule has 0 aromatic heterocycles. The summed E-state index contributed by atoms with van der Waals surface area (Å²) in [4.78, 5) is 0. The van der Waals surface area contributed by atoms with E-state index in [4.69, 9.17) is 0 Å². The maximum atomic E-state index is 3.52. The molecule has 0 heterocycles. The molecule has 2 aliphatic rings. The SMILES string of the molecule is C[C](=[Ti+2])c1ccccc1.[C-]1=CC=CC1.[Cl-].[Cl-].[c-]1cc(-c2ccccc2)cc2c1Cc1ccc(-c3ccccc3)cc1-2. The smallest absolute Gasteiger partial charge is 0.0184 e. The van der Waals surface area contributed by atoms with Gasteiger partial charge in [0, 0.05) is 0 Å².